The zero-order valence-corrected chi connectivity index (χ0v) is 9.83. The summed E-state index contributed by atoms with van der Waals surface area (Å²) >= 11 is 0. The molecule has 2 N–H and O–H groups in total. The van der Waals surface area contributed by atoms with Crippen LogP contribution in [0.2, 0.25) is 0 Å². The summed E-state index contributed by atoms with van der Waals surface area (Å²) in [5.41, 5.74) is 0.446. The summed E-state index contributed by atoms with van der Waals surface area (Å²) in [6, 6.07) is 7.56. The summed E-state index contributed by atoms with van der Waals surface area (Å²) in [6.07, 6.45) is 1.05. The fourth-order valence-corrected chi connectivity index (χ4v) is 1.99. The van der Waals surface area contributed by atoms with E-state index in [0.29, 0.717) is 18.6 Å². The predicted molar refractivity (Wildman–Crippen MR) is 64.3 cm³/mol. The highest BCUT2D eigenvalue weighted by atomic mass is 16.5. The summed E-state index contributed by atoms with van der Waals surface area (Å²) < 4.78 is 5.32. The molecule has 1 amide bonds. The molecular formula is C13H15NO4. The number of aliphatic carboxylic acids is 1. The standard InChI is InChI=1S/C13H15NO4/c15-12(9-5-2-1-3-6-9)14-11(13(16)17)10-7-4-8-18-10/h1-3,5-6,10-11H,4,7-8H2,(H,14,15)(H,16,17)/t10-,11+/m0/s1. The van der Waals surface area contributed by atoms with Crippen molar-refractivity contribution in [2.75, 3.05) is 6.61 Å². The van der Waals surface area contributed by atoms with Gasteiger partial charge in [0.15, 0.2) is 6.04 Å². The maximum absolute atomic E-state index is 11.9. The van der Waals surface area contributed by atoms with Crippen molar-refractivity contribution in [3.63, 3.8) is 0 Å². The predicted octanol–water partition coefficient (Wildman–Crippen LogP) is 1.05. The van der Waals surface area contributed by atoms with E-state index in [1.54, 1.807) is 30.3 Å². The van der Waals surface area contributed by atoms with Crippen molar-refractivity contribution in [3.05, 3.63) is 35.9 Å². The molecule has 5 nitrogen and oxygen atoms in total. The second kappa shape index (κ2) is 5.64. The topological polar surface area (TPSA) is 75.6 Å². The molecule has 0 radical (unpaired) electrons. The molecule has 1 aromatic carbocycles. The van der Waals surface area contributed by atoms with Gasteiger partial charge in [0.05, 0.1) is 6.10 Å². The third-order valence-corrected chi connectivity index (χ3v) is 2.93. The molecule has 2 rings (SSSR count). The Morgan fingerprint density at radius 3 is 2.61 bits per heavy atom. The number of amides is 1. The third kappa shape index (κ3) is 2.87. The molecule has 0 spiro atoms. The first-order valence-electron chi connectivity index (χ1n) is 5.89. The second-order valence-corrected chi connectivity index (χ2v) is 4.21. The number of carbonyl (C=O) groups is 2. The highest BCUT2D eigenvalue weighted by Gasteiger charge is 2.33. The van der Waals surface area contributed by atoms with E-state index < -0.39 is 24.0 Å². The quantitative estimate of drug-likeness (QED) is 0.836. The molecule has 0 unspecified atom stereocenters. The minimum absolute atomic E-state index is 0.390. The van der Waals surface area contributed by atoms with Crippen molar-refractivity contribution in [2.45, 2.75) is 25.0 Å². The average molecular weight is 249 g/mol. The van der Waals surface area contributed by atoms with Crippen LogP contribution in [0.15, 0.2) is 30.3 Å². The van der Waals surface area contributed by atoms with Crippen molar-refractivity contribution in [1.29, 1.82) is 0 Å². The van der Waals surface area contributed by atoms with Gasteiger partial charge in [-0.1, -0.05) is 18.2 Å². The smallest absolute Gasteiger partial charge is 0.328 e. The maximum Gasteiger partial charge on any atom is 0.328 e. The van der Waals surface area contributed by atoms with E-state index in [-0.39, 0.29) is 0 Å². The summed E-state index contributed by atoms with van der Waals surface area (Å²) in [5, 5.41) is 11.6. The zero-order chi connectivity index (χ0) is 13.0. The Morgan fingerprint density at radius 2 is 2.06 bits per heavy atom. The first-order valence-corrected chi connectivity index (χ1v) is 5.89. The number of benzene rings is 1. The zero-order valence-electron chi connectivity index (χ0n) is 9.83. The summed E-state index contributed by atoms with van der Waals surface area (Å²) in [4.78, 5) is 23.0. The van der Waals surface area contributed by atoms with Gasteiger partial charge in [-0.25, -0.2) is 4.79 Å². The van der Waals surface area contributed by atoms with Crippen molar-refractivity contribution in [3.8, 4) is 0 Å². The number of nitrogens with one attached hydrogen (secondary N) is 1. The van der Waals surface area contributed by atoms with Gasteiger partial charge >= 0.3 is 5.97 Å². The monoisotopic (exact) mass is 249 g/mol. The third-order valence-electron chi connectivity index (χ3n) is 2.93. The lowest BCUT2D eigenvalue weighted by molar-refractivity contribution is -0.142. The van der Waals surface area contributed by atoms with Gasteiger partial charge in [-0.3, -0.25) is 4.79 Å². The number of carboxylic acid groups (broad SMARTS) is 1. The minimum Gasteiger partial charge on any atom is -0.480 e. The van der Waals surface area contributed by atoms with Crippen molar-refractivity contribution < 1.29 is 19.4 Å². The van der Waals surface area contributed by atoms with Crippen LogP contribution in [-0.2, 0) is 9.53 Å². The largest absolute Gasteiger partial charge is 0.480 e. The van der Waals surface area contributed by atoms with E-state index in [0.717, 1.165) is 6.42 Å². The Balaban J connectivity index is 2.05. The summed E-state index contributed by atoms with van der Waals surface area (Å²) in [6.45, 7) is 0.551. The van der Waals surface area contributed by atoms with Crippen LogP contribution in [0.1, 0.15) is 23.2 Å². The highest BCUT2D eigenvalue weighted by molar-refractivity contribution is 5.96. The second-order valence-electron chi connectivity index (χ2n) is 4.21. The van der Waals surface area contributed by atoms with Crippen LogP contribution >= 0.6 is 0 Å². The van der Waals surface area contributed by atoms with Gasteiger partial charge in [0, 0.05) is 12.2 Å². The molecule has 5 heteroatoms. The van der Waals surface area contributed by atoms with Crippen LogP contribution in [0, 0.1) is 0 Å². The molecule has 2 atom stereocenters. The highest BCUT2D eigenvalue weighted by Crippen LogP contribution is 2.16. The Bertz CT molecular complexity index is 426. The number of carboxylic acids is 1. The van der Waals surface area contributed by atoms with E-state index in [9.17, 15) is 9.59 Å². The molecule has 96 valence electrons. The van der Waals surface area contributed by atoms with Gasteiger partial charge in [-0.15, -0.1) is 0 Å². The molecule has 0 bridgehead atoms. The number of ether oxygens (including phenoxy) is 1. The van der Waals surface area contributed by atoms with Gasteiger partial charge in [0.25, 0.3) is 5.91 Å². The minimum atomic E-state index is -1.06. The van der Waals surface area contributed by atoms with Gasteiger partial charge in [-0.05, 0) is 25.0 Å². The van der Waals surface area contributed by atoms with Crippen LogP contribution in [-0.4, -0.2) is 35.7 Å². The summed E-state index contributed by atoms with van der Waals surface area (Å²) in [7, 11) is 0. The van der Waals surface area contributed by atoms with E-state index >= 15 is 0 Å². The molecule has 0 saturated carbocycles. The first kappa shape index (κ1) is 12.6. The Hall–Kier alpha value is -1.88. The molecule has 1 fully saturated rings. The molecule has 1 heterocycles. The molecular weight excluding hydrogens is 234 g/mol. The average Bonchev–Trinajstić information content (AvgIpc) is 2.90. The van der Waals surface area contributed by atoms with Crippen molar-refractivity contribution >= 4 is 11.9 Å². The lowest BCUT2D eigenvalue weighted by atomic mass is 10.1. The van der Waals surface area contributed by atoms with Crippen LogP contribution in [0.25, 0.3) is 0 Å². The molecule has 18 heavy (non-hydrogen) atoms. The normalized spacial score (nSPS) is 20.3. The van der Waals surface area contributed by atoms with Crippen LogP contribution in [0.3, 0.4) is 0 Å². The van der Waals surface area contributed by atoms with Crippen LogP contribution < -0.4 is 5.32 Å². The Kier molecular flexibility index (Phi) is 3.94. The first-order chi connectivity index (χ1) is 8.68. The lowest BCUT2D eigenvalue weighted by Gasteiger charge is -2.20. The number of rotatable bonds is 4. The number of hydrogen-bond donors (Lipinski definition) is 2. The maximum atomic E-state index is 11.9. The van der Waals surface area contributed by atoms with Crippen molar-refractivity contribution in [2.24, 2.45) is 0 Å². The van der Waals surface area contributed by atoms with Gasteiger partial charge in [0.1, 0.15) is 0 Å². The molecule has 1 aromatic rings. The SMILES string of the molecule is O=C(N[C@@H](C(=O)O)[C@@H]1CCCO1)c1ccccc1. The van der Waals surface area contributed by atoms with Crippen LogP contribution in [0.5, 0.6) is 0 Å². The van der Waals surface area contributed by atoms with E-state index in [2.05, 4.69) is 5.32 Å². The fourth-order valence-electron chi connectivity index (χ4n) is 1.99. The van der Waals surface area contributed by atoms with E-state index in [1.165, 1.54) is 0 Å². The van der Waals surface area contributed by atoms with Crippen LogP contribution in [0.4, 0.5) is 0 Å². The van der Waals surface area contributed by atoms with Gasteiger partial charge < -0.3 is 15.2 Å². The molecule has 0 aliphatic carbocycles. The fraction of sp³-hybridized carbons (Fsp3) is 0.385. The molecule has 0 aromatic heterocycles. The van der Waals surface area contributed by atoms with Gasteiger partial charge in [-0.2, -0.15) is 0 Å². The van der Waals surface area contributed by atoms with E-state index in [4.69, 9.17) is 9.84 Å². The lowest BCUT2D eigenvalue weighted by Crippen LogP contribution is -2.48. The number of hydrogen-bond acceptors (Lipinski definition) is 3. The van der Waals surface area contributed by atoms with E-state index in [1.807, 2.05) is 0 Å². The molecule has 1 saturated heterocycles. The molecule has 1 aliphatic rings. The Labute approximate surface area is 105 Å². The van der Waals surface area contributed by atoms with Crippen molar-refractivity contribution in [1.82, 2.24) is 5.32 Å². The molecule has 1 aliphatic heterocycles. The number of carbonyl (C=O) groups excluding carboxylic acids is 1. The Morgan fingerprint density at radius 1 is 1.33 bits per heavy atom. The summed E-state index contributed by atoms with van der Waals surface area (Å²) in [5.74, 6) is -1.45. The van der Waals surface area contributed by atoms with Gasteiger partial charge in [0.2, 0.25) is 0 Å².